The number of allylic oxidation sites excluding steroid dienone is 2. The molecule has 0 bridgehead atoms. The standard InChI is InChI=1S/C12H23FO.C6H14/c1-10(2)7-8-11(3,4)9-12(5,6)14-13;1-5-6(2,3)4/h7-8,10H,9H2,1-6H3;5H2,1-4H3/b8-7+;. The van der Waals surface area contributed by atoms with Gasteiger partial charge in [0.05, 0.1) is 0 Å². The van der Waals surface area contributed by atoms with Crippen LogP contribution in [0.1, 0.15) is 82.1 Å². The Labute approximate surface area is 126 Å². The number of rotatable bonds is 5. The van der Waals surface area contributed by atoms with Crippen molar-refractivity contribution in [2.45, 2.75) is 87.7 Å². The Morgan fingerprint density at radius 2 is 1.40 bits per heavy atom. The van der Waals surface area contributed by atoms with E-state index in [0.29, 0.717) is 17.8 Å². The van der Waals surface area contributed by atoms with Crippen molar-refractivity contribution in [2.24, 2.45) is 16.7 Å². The Morgan fingerprint density at radius 1 is 1.00 bits per heavy atom. The molecule has 0 amide bonds. The van der Waals surface area contributed by atoms with Crippen LogP contribution in [0, 0.1) is 16.7 Å². The molecule has 0 aromatic rings. The summed E-state index contributed by atoms with van der Waals surface area (Å²) in [7, 11) is 0. The molecular formula is C18H37FO. The maximum absolute atomic E-state index is 12.2. The lowest BCUT2D eigenvalue weighted by Crippen LogP contribution is -2.28. The highest BCUT2D eigenvalue weighted by Gasteiger charge is 2.28. The molecule has 0 N–H and O–H groups in total. The highest BCUT2D eigenvalue weighted by molar-refractivity contribution is 4.98. The van der Waals surface area contributed by atoms with Gasteiger partial charge in [-0.25, -0.2) is 0 Å². The third kappa shape index (κ3) is 15.7. The van der Waals surface area contributed by atoms with Crippen LogP contribution in [0.5, 0.6) is 0 Å². The second-order valence-corrected chi connectivity index (χ2v) is 8.52. The first-order valence-electron chi connectivity index (χ1n) is 7.74. The van der Waals surface area contributed by atoms with E-state index in [1.54, 1.807) is 13.8 Å². The van der Waals surface area contributed by atoms with Crippen molar-refractivity contribution in [2.75, 3.05) is 0 Å². The Hall–Kier alpha value is -0.370. The summed E-state index contributed by atoms with van der Waals surface area (Å²) < 4.78 is 12.2. The molecule has 0 aliphatic rings. The minimum atomic E-state index is -0.704. The summed E-state index contributed by atoms with van der Waals surface area (Å²) in [6.45, 7) is 20.9. The van der Waals surface area contributed by atoms with Gasteiger partial charge in [-0.15, -0.1) is 0 Å². The van der Waals surface area contributed by atoms with Crippen molar-refractivity contribution in [3.05, 3.63) is 12.2 Å². The molecule has 0 saturated carbocycles. The monoisotopic (exact) mass is 288 g/mol. The zero-order chi connectivity index (χ0) is 16.6. The molecule has 0 spiro atoms. The minimum Gasteiger partial charge on any atom is -0.188 e. The second kappa shape index (κ2) is 8.81. The van der Waals surface area contributed by atoms with Crippen molar-refractivity contribution in [1.82, 2.24) is 0 Å². The highest BCUT2D eigenvalue weighted by Crippen LogP contribution is 2.31. The fraction of sp³-hybridized carbons (Fsp3) is 0.889. The number of hydrogen-bond acceptors (Lipinski definition) is 1. The number of halogens is 1. The third-order valence-corrected chi connectivity index (χ3v) is 3.08. The van der Waals surface area contributed by atoms with Crippen molar-refractivity contribution >= 4 is 0 Å². The van der Waals surface area contributed by atoms with E-state index in [0.717, 1.165) is 0 Å². The summed E-state index contributed by atoms with van der Waals surface area (Å²) in [5.74, 6) is 0.531. The van der Waals surface area contributed by atoms with Gasteiger partial charge in [-0.3, -0.25) is 0 Å². The third-order valence-electron chi connectivity index (χ3n) is 3.08. The predicted molar refractivity (Wildman–Crippen MR) is 88.4 cm³/mol. The highest BCUT2D eigenvalue weighted by atomic mass is 19.3. The lowest BCUT2D eigenvalue weighted by atomic mass is 9.81. The summed E-state index contributed by atoms with van der Waals surface area (Å²) in [5, 5.41) is 0. The van der Waals surface area contributed by atoms with Gasteiger partial charge in [-0.05, 0) is 41.5 Å². The second-order valence-electron chi connectivity index (χ2n) is 8.52. The Balaban J connectivity index is 0. The lowest BCUT2D eigenvalue weighted by Gasteiger charge is -2.29. The quantitative estimate of drug-likeness (QED) is 0.509. The SMILES string of the molecule is CC(C)/C=C/C(C)(C)CC(C)(C)OF.CCC(C)(C)C. The zero-order valence-electron chi connectivity index (χ0n) is 15.4. The maximum Gasteiger partial charge on any atom is 0.104 e. The van der Waals surface area contributed by atoms with Gasteiger partial charge in [-0.1, -0.05) is 74.0 Å². The molecule has 0 rings (SSSR count). The summed E-state index contributed by atoms with van der Waals surface area (Å²) >= 11 is 0. The van der Waals surface area contributed by atoms with Crippen LogP contribution >= 0.6 is 0 Å². The summed E-state index contributed by atoms with van der Waals surface area (Å²) in [6.07, 6.45) is 6.22. The molecule has 0 radical (unpaired) electrons. The summed E-state index contributed by atoms with van der Waals surface area (Å²) in [6, 6.07) is 0. The smallest absolute Gasteiger partial charge is 0.104 e. The number of hydrogen-bond donors (Lipinski definition) is 0. The van der Waals surface area contributed by atoms with Crippen molar-refractivity contribution < 1.29 is 9.47 Å². The first-order valence-corrected chi connectivity index (χ1v) is 7.74. The molecule has 0 saturated heterocycles. The fourth-order valence-electron chi connectivity index (χ4n) is 1.64. The molecule has 0 aliphatic heterocycles. The fourth-order valence-corrected chi connectivity index (χ4v) is 1.64. The van der Waals surface area contributed by atoms with Crippen LogP contribution in [0.3, 0.4) is 0 Å². The molecule has 0 aliphatic carbocycles. The van der Waals surface area contributed by atoms with E-state index in [-0.39, 0.29) is 5.41 Å². The van der Waals surface area contributed by atoms with Crippen LogP contribution in [-0.4, -0.2) is 5.60 Å². The average molecular weight is 288 g/mol. The van der Waals surface area contributed by atoms with Crippen molar-refractivity contribution in [3.63, 3.8) is 0 Å². The van der Waals surface area contributed by atoms with Crippen LogP contribution in [-0.2, 0) is 4.94 Å². The molecule has 0 aromatic heterocycles. The molecule has 1 nitrogen and oxygen atoms in total. The summed E-state index contributed by atoms with van der Waals surface area (Å²) in [4.78, 5) is 3.95. The van der Waals surface area contributed by atoms with Gasteiger partial charge in [0.25, 0.3) is 0 Å². The Bertz CT molecular complexity index is 270. The van der Waals surface area contributed by atoms with Crippen LogP contribution < -0.4 is 0 Å². The van der Waals surface area contributed by atoms with E-state index in [2.05, 4.69) is 72.5 Å². The van der Waals surface area contributed by atoms with Gasteiger partial charge < -0.3 is 0 Å². The van der Waals surface area contributed by atoms with E-state index >= 15 is 0 Å². The van der Waals surface area contributed by atoms with Gasteiger partial charge in [0, 0.05) is 0 Å². The van der Waals surface area contributed by atoms with Gasteiger partial charge >= 0.3 is 0 Å². The molecule has 0 heterocycles. The molecule has 0 aromatic carbocycles. The van der Waals surface area contributed by atoms with Crippen molar-refractivity contribution in [1.29, 1.82) is 0 Å². The van der Waals surface area contributed by atoms with E-state index < -0.39 is 5.60 Å². The van der Waals surface area contributed by atoms with E-state index in [9.17, 15) is 4.53 Å². The molecular weight excluding hydrogens is 251 g/mol. The molecule has 122 valence electrons. The maximum atomic E-state index is 12.2. The van der Waals surface area contributed by atoms with E-state index in [4.69, 9.17) is 0 Å². The molecule has 0 atom stereocenters. The summed E-state index contributed by atoms with van der Waals surface area (Å²) in [5.41, 5.74) is -0.190. The Kier molecular flexibility index (Phi) is 9.66. The minimum absolute atomic E-state index is 0.0279. The molecule has 2 heteroatoms. The van der Waals surface area contributed by atoms with Crippen molar-refractivity contribution in [3.8, 4) is 0 Å². The average Bonchev–Trinajstić information content (AvgIpc) is 2.25. The van der Waals surface area contributed by atoms with Crippen LogP contribution in [0.25, 0.3) is 0 Å². The predicted octanol–water partition coefficient (Wildman–Crippen LogP) is 6.74. The van der Waals surface area contributed by atoms with Crippen LogP contribution in [0.2, 0.25) is 0 Å². The van der Waals surface area contributed by atoms with Gasteiger partial charge in [-0.2, -0.15) is 4.94 Å². The van der Waals surface area contributed by atoms with Gasteiger partial charge in [0.2, 0.25) is 0 Å². The first kappa shape index (κ1) is 21.9. The molecule has 0 unspecified atom stereocenters. The van der Waals surface area contributed by atoms with Crippen LogP contribution in [0.4, 0.5) is 4.53 Å². The Morgan fingerprint density at radius 3 is 1.65 bits per heavy atom. The van der Waals surface area contributed by atoms with E-state index in [1.807, 2.05) is 0 Å². The topological polar surface area (TPSA) is 9.23 Å². The zero-order valence-corrected chi connectivity index (χ0v) is 15.4. The lowest BCUT2D eigenvalue weighted by molar-refractivity contribution is -0.230. The molecule has 20 heavy (non-hydrogen) atoms. The van der Waals surface area contributed by atoms with Crippen LogP contribution in [0.15, 0.2) is 12.2 Å². The van der Waals surface area contributed by atoms with E-state index in [1.165, 1.54) is 6.42 Å². The first-order chi connectivity index (χ1) is 8.74. The normalized spacial score (nSPS) is 13.6. The largest absolute Gasteiger partial charge is 0.188 e. The molecule has 0 fully saturated rings. The van der Waals surface area contributed by atoms with Gasteiger partial charge in [0.1, 0.15) is 5.60 Å². The van der Waals surface area contributed by atoms with Gasteiger partial charge in [0.15, 0.2) is 0 Å².